The van der Waals surface area contributed by atoms with E-state index in [0.717, 1.165) is 0 Å². The zero-order valence-electron chi connectivity index (χ0n) is 3.00. The summed E-state index contributed by atoms with van der Waals surface area (Å²) in [4.78, 5) is 0. The molecule has 0 saturated carbocycles. The first-order valence-electron chi connectivity index (χ1n) is 1.51. The van der Waals surface area contributed by atoms with Crippen LogP contribution in [0.3, 0.4) is 0 Å². The Morgan fingerprint density at radius 1 is 1.67 bits per heavy atom. The van der Waals surface area contributed by atoms with E-state index >= 15 is 0 Å². The fourth-order valence-corrected chi connectivity index (χ4v) is 0.698. The Kier molecular flexibility index (Phi) is 0.856. The molecule has 1 aromatic heterocycles. The quantitative estimate of drug-likeness (QED) is 0.453. The molecule has 0 bridgehead atoms. The molecule has 0 spiro atoms. The SMILES string of the molecule is [O-][s+]1cccn1. The van der Waals surface area contributed by atoms with Gasteiger partial charge in [-0.25, -0.2) is 0 Å². The highest BCUT2D eigenvalue weighted by atomic mass is 32.2. The number of hydrogen-bond donors (Lipinski definition) is 0. The van der Waals surface area contributed by atoms with Gasteiger partial charge in [0, 0.05) is 6.07 Å². The monoisotopic (exact) mass is 101 g/mol. The fraction of sp³-hybridized carbons (Fsp3) is 0. The van der Waals surface area contributed by atoms with E-state index < -0.39 is 10.9 Å². The average molecular weight is 101 g/mol. The van der Waals surface area contributed by atoms with Crippen molar-refractivity contribution in [2.75, 3.05) is 0 Å². The highest BCUT2D eigenvalue weighted by Crippen LogP contribution is 2.00. The van der Waals surface area contributed by atoms with Crippen molar-refractivity contribution in [3.05, 3.63) is 17.6 Å². The van der Waals surface area contributed by atoms with E-state index in [9.17, 15) is 4.55 Å². The zero-order valence-corrected chi connectivity index (χ0v) is 3.81. The summed E-state index contributed by atoms with van der Waals surface area (Å²) in [5, 5.41) is 1.53. The van der Waals surface area contributed by atoms with E-state index in [1.165, 1.54) is 11.6 Å². The second-order valence-electron chi connectivity index (χ2n) is 0.859. The minimum absolute atomic E-state index is 1.03. The van der Waals surface area contributed by atoms with Crippen LogP contribution in [0.25, 0.3) is 0 Å². The van der Waals surface area contributed by atoms with Crippen LogP contribution in [0, 0.1) is 0 Å². The lowest BCUT2D eigenvalue weighted by atomic mass is 10.8. The lowest BCUT2D eigenvalue weighted by Gasteiger charge is -1.71. The number of aromatic nitrogens is 1. The summed E-state index contributed by atoms with van der Waals surface area (Å²) in [6, 6.07) is 1.66. The molecule has 1 heterocycles. The van der Waals surface area contributed by atoms with Crippen molar-refractivity contribution in [3.8, 4) is 0 Å². The predicted octanol–water partition coefficient (Wildman–Crippen LogP) is 0.809. The number of hydrogen-bond acceptors (Lipinski definition) is 2. The molecule has 0 aliphatic heterocycles. The van der Waals surface area contributed by atoms with E-state index in [4.69, 9.17) is 0 Å². The first-order chi connectivity index (χ1) is 2.89. The van der Waals surface area contributed by atoms with Crippen molar-refractivity contribution < 1.29 is 4.55 Å². The van der Waals surface area contributed by atoms with E-state index in [-0.39, 0.29) is 0 Å². The lowest BCUT2D eigenvalue weighted by molar-refractivity contribution is 0.591. The third-order valence-corrected chi connectivity index (χ3v) is 1.17. The van der Waals surface area contributed by atoms with Crippen molar-refractivity contribution in [1.29, 1.82) is 0 Å². The highest BCUT2D eigenvalue weighted by Gasteiger charge is 1.80. The molecule has 0 aliphatic rings. The fourth-order valence-electron chi connectivity index (χ4n) is 0.233. The maximum atomic E-state index is 10.1. The van der Waals surface area contributed by atoms with Gasteiger partial charge in [0.2, 0.25) is 0 Å². The minimum Gasteiger partial charge on any atom is -0.569 e. The molecule has 0 radical (unpaired) electrons. The molecule has 0 fully saturated rings. The molecule has 3 heteroatoms. The Morgan fingerprint density at radius 2 is 2.50 bits per heavy atom. The van der Waals surface area contributed by atoms with Gasteiger partial charge >= 0.3 is 0 Å². The van der Waals surface area contributed by atoms with Crippen LogP contribution < -0.4 is 0 Å². The van der Waals surface area contributed by atoms with Crippen LogP contribution in [0.2, 0.25) is 0 Å². The molecular formula is C3H3NOS. The Bertz CT molecular complexity index is 114. The van der Waals surface area contributed by atoms with Crippen LogP contribution in [-0.2, 0) is 0 Å². The molecular weight excluding hydrogens is 98.1 g/mol. The standard InChI is InChI=1S/C3H3NOS/c5-6-3-1-2-4-6/h1-3H. The van der Waals surface area contributed by atoms with Gasteiger partial charge in [-0.3, -0.25) is 0 Å². The molecule has 6 heavy (non-hydrogen) atoms. The molecule has 1 aromatic rings. The number of rotatable bonds is 0. The smallest absolute Gasteiger partial charge is 0.163 e. The van der Waals surface area contributed by atoms with Gasteiger partial charge in [-0.1, -0.05) is 0 Å². The molecule has 2 nitrogen and oxygen atoms in total. The van der Waals surface area contributed by atoms with Crippen LogP contribution in [0.5, 0.6) is 0 Å². The molecule has 1 rings (SSSR count). The topological polar surface area (TPSA) is 36.0 Å². The summed E-state index contributed by atoms with van der Waals surface area (Å²) < 4.78 is 13.5. The summed E-state index contributed by atoms with van der Waals surface area (Å²) in [7, 11) is -1.03. The Labute approximate surface area is 38.4 Å². The summed E-state index contributed by atoms with van der Waals surface area (Å²) in [5.41, 5.74) is 0. The van der Waals surface area contributed by atoms with Crippen molar-refractivity contribution in [1.82, 2.24) is 4.37 Å². The summed E-state index contributed by atoms with van der Waals surface area (Å²) in [6.07, 6.45) is 1.52. The van der Waals surface area contributed by atoms with Crippen LogP contribution in [-0.4, -0.2) is 8.93 Å². The maximum absolute atomic E-state index is 10.1. The van der Waals surface area contributed by atoms with Gasteiger partial charge in [0.05, 0.1) is 17.1 Å². The average Bonchev–Trinajstić information content (AvgIpc) is 1.86. The van der Waals surface area contributed by atoms with Gasteiger partial charge in [-0.2, -0.15) is 0 Å². The molecule has 0 N–H and O–H groups in total. The first-order valence-corrected chi connectivity index (χ1v) is 2.68. The summed E-state index contributed by atoms with van der Waals surface area (Å²) >= 11 is 0. The van der Waals surface area contributed by atoms with Gasteiger partial charge in [-0.05, 0) is 4.37 Å². The maximum Gasteiger partial charge on any atom is 0.163 e. The van der Waals surface area contributed by atoms with Gasteiger partial charge < -0.3 is 4.55 Å². The van der Waals surface area contributed by atoms with Crippen LogP contribution in [0.15, 0.2) is 17.6 Å². The zero-order chi connectivity index (χ0) is 4.41. The van der Waals surface area contributed by atoms with E-state index in [2.05, 4.69) is 4.37 Å². The summed E-state index contributed by atoms with van der Waals surface area (Å²) in [5.74, 6) is 0. The Hall–Kier alpha value is -0.410. The lowest BCUT2D eigenvalue weighted by Crippen LogP contribution is -1.50. The predicted molar refractivity (Wildman–Crippen MR) is 22.9 cm³/mol. The second kappa shape index (κ2) is 1.36. The molecule has 0 saturated heterocycles. The first kappa shape index (κ1) is 3.77. The molecule has 0 aliphatic carbocycles. The van der Waals surface area contributed by atoms with Gasteiger partial charge in [-0.15, -0.1) is 0 Å². The van der Waals surface area contributed by atoms with Gasteiger partial charge in [0.15, 0.2) is 5.38 Å². The van der Waals surface area contributed by atoms with E-state index in [0.29, 0.717) is 0 Å². The van der Waals surface area contributed by atoms with Crippen molar-refractivity contribution in [2.45, 2.75) is 0 Å². The van der Waals surface area contributed by atoms with E-state index in [1.807, 2.05) is 0 Å². The molecule has 1 atom stereocenters. The highest BCUT2D eigenvalue weighted by molar-refractivity contribution is 7.17. The molecule has 0 amide bonds. The van der Waals surface area contributed by atoms with Crippen LogP contribution in [0.4, 0.5) is 0 Å². The third kappa shape index (κ3) is 0.555. The summed E-state index contributed by atoms with van der Waals surface area (Å²) in [6.45, 7) is 0. The second-order valence-corrected chi connectivity index (χ2v) is 1.89. The minimum atomic E-state index is -1.03. The molecule has 0 aromatic carbocycles. The molecule has 1 unspecified atom stereocenters. The molecule has 32 valence electrons. The van der Waals surface area contributed by atoms with Crippen molar-refractivity contribution in [3.63, 3.8) is 0 Å². The number of nitrogens with zero attached hydrogens (tertiary/aromatic N) is 1. The Balaban J connectivity index is 3.05. The van der Waals surface area contributed by atoms with Gasteiger partial charge in [0.25, 0.3) is 0 Å². The van der Waals surface area contributed by atoms with Crippen molar-refractivity contribution in [2.24, 2.45) is 0 Å². The van der Waals surface area contributed by atoms with Crippen molar-refractivity contribution >= 4 is 10.9 Å². The third-order valence-electron chi connectivity index (χ3n) is 0.446. The van der Waals surface area contributed by atoms with Crippen LogP contribution >= 0.6 is 10.9 Å². The van der Waals surface area contributed by atoms with E-state index in [1.54, 1.807) is 6.07 Å². The van der Waals surface area contributed by atoms with Gasteiger partial charge in [0.1, 0.15) is 0 Å². The normalized spacial score (nSPS) is 11.8. The van der Waals surface area contributed by atoms with Crippen LogP contribution in [0.1, 0.15) is 0 Å². The Morgan fingerprint density at radius 3 is 2.67 bits per heavy atom. The largest absolute Gasteiger partial charge is 0.569 e.